The molecule has 1 aliphatic carbocycles. The van der Waals surface area contributed by atoms with Crippen molar-refractivity contribution in [3.63, 3.8) is 0 Å². The first kappa shape index (κ1) is 41.6. The summed E-state index contributed by atoms with van der Waals surface area (Å²) >= 11 is 0. The number of carbonyl (C=O) groups is 4. The van der Waals surface area contributed by atoms with Crippen molar-refractivity contribution < 1.29 is 43.2 Å². The number of ether oxygens (including phenoxy) is 4. The van der Waals surface area contributed by atoms with E-state index in [-0.39, 0.29) is 54.9 Å². The first-order valence-corrected chi connectivity index (χ1v) is 18.6. The van der Waals surface area contributed by atoms with Gasteiger partial charge in [-0.1, -0.05) is 93.6 Å². The number of cyclic esters (lactones) is 1. The van der Waals surface area contributed by atoms with Crippen LogP contribution in [0.3, 0.4) is 0 Å². The van der Waals surface area contributed by atoms with Gasteiger partial charge in [-0.15, -0.1) is 0 Å². The minimum Gasteiger partial charge on any atom is -0.507 e. The van der Waals surface area contributed by atoms with E-state index in [1.165, 1.54) is 11.1 Å². The number of phenols is 1. The molecule has 1 aliphatic heterocycles. The fourth-order valence-electron chi connectivity index (χ4n) is 5.40. The van der Waals surface area contributed by atoms with Crippen LogP contribution in [0.5, 0.6) is 11.5 Å². The van der Waals surface area contributed by atoms with E-state index in [0.717, 1.165) is 22.9 Å². The van der Waals surface area contributed by atoms with Gasteiger partial charge in [0, 0.05) is 21.9 Å². The van der Waals surface area contributed by atoms with Crippen molar-refractivity contribution >= 4 is 34.6 Å². The van der Waals surface area contributed by atoms with Gasteiger partial charge < -0.3 is 24.1 Å². The van der Waals surface area contributed by atoms with Crippen LogP contribution in [0.1, 0.15) is 105 Å². The van der Waals surface area contributed by atoms with Crippen molar-refractivity contribution in [2.24, 2.45) is 16.2 Å². The maximum Gasteiger partial charge on any atom is 0.316 e. The van der Waals surface area contributed by atoms with Gasteiger partial charge in [0.1, 0.15) is 24.2 Å². The van der Waals surface area contributed by atoms with Crippen LogP contribution >= 0.6 is 0 Å². The summed E-state index contributed by atoms with van der Waals surface area (Å²) in [6.07, 6.45) is 1.71. The lowest BCUT2D eigenvalue weighted by Gasteiger charge is -2.24. The molecule has 0 bridgehead atoms. The summed E-state index contributed by atoms with van der Waals surface area (Å²) in [6, 6.07) is 26.8. The Morgan fingerprint density at radius 2 is 1.13 bits per heavy atom. The van der Waals surface area contributed by atoms with Gasteiger partial charge in [-0.25, -0.2) is 0 Å². The van der Waals surface area contributed by atoms with Crippen molar-refractivity contribution in [3.05, 3.63) is 96.1 Å². The van der Waals surface area contributed by atoms with Crippen molar-refractivity contribution in [1.29, 1.82) is 0 Å². The molecule has 0 spiro atoms. The first-order chi connectivity index (χ1) is 25.4. The number of phenolic OH excluding ortho intramolecular Hbond substituents is 1. The number of rotatable bonds is 9. The van der Waals surface area contributed by atoms with Crippen molar-refractivity contribution in [2.75, 3.05) is 6.61 Å². The number of benzene rings is 4. The van der Waals surface area contributed by atoms with E-state index in [0.29, 0.717) is 24.0 Å². The van der Waals surface area contributed by atoms with Crippen molar-refractivity contribution in [2.45, 2.75) is 100 Å². The molecule has 1 N–H and O–H groups in total. The molecular weight excluding hydrogens is 684 g/mol. The molecule has 54 heavy (non-hydrogen) atoms. The SMILES string of the molecule is CCC(C)(C)C(=O)OC1COC(=O)C1.CCC(C)(C)C(=O)OC1c2ccccc2-c2ccccc21.CCC(C)(C)C(=O)Oc1cccc2c(O)cccc12. The summed E-state index contributed by atoms with van der Waals surface area (Å²) in [5.41, 5.74) is 3.05. The fourth-order valence-corrected chi connectivity index (χ4v) is 5.40. The summed E-state index contributed by atoms with van der Waals surface area (Å²) in [7, 11) is 0. The Morgan fingerprint density at radius 1 is 0.648 bits per heavy atom. The Balaban J connectivity index is 0.000000184. The molecule has 2 aliphatic rings. The average Bonchev–Trinajstić information content (AvgIpc) is 3.72. The fraction of sp³-hybridized carbons (Fsp3) is 0.422. The van der Waals surface area contributed by atoms with Crippen LogP contribution in [0, 0.1) is 16.2 Å². The summed E-state index contributed by atoms with van der Waals surface area (Å²) in [4.78, 5) is 46.9. The highest BCUT2D eigenvalue weighted by Crippen LogP contribution is 2.46. The van der Waals surface area contributed by atoms with Crippen LogP contribution in [0.4, 0.5) is 0 Å². The lowest BCUT2D eigenvalue weighted by Crippen LogP contribution is -2.30. The summed E-state index contributed by atoms with van der Waals surface area (Å²) in [5.74, 6) is -0.280. The number of esters is 4. The molecule has 1 unspecified atom stereocenters. The molecule has 0 amide bonds. The molecule has 1 heterocycles. The van der Waals surface area contributed by atoms with Crippen LogP contribution in [0.15, 0.2) is 84.9 Å². The molecule has 4 aromatic rings. The van der Waals surface area contributed by atoms with Gasteiger partial charge in [0.15, 0.2) is 6.10 Å². The number of aromatic hydroxyl groups is 1. The maximum atomic E-state index is 12.4. The highest BCUT2D eigenvalue weighted by Gasteiger charge is 2.36. The molecule has 1 saturated heterocycles. The van der Waals surface area contributed by atoms with E-state index in [2.05, 4.69) is 12.1 Å². The number of fused-ring (bicyclic) bond motifs is 4. The lowest BCUT2D eigenvalue weighted by atomic mass is 9.90. The second kappa shape index (κ2) is 17.3. The van der Waals surface area contributed by atoms with E-state index < -0.39 is 16.2 Å². The van der Waals surface area contributed by atoms with Crippen LogP contribution in [-0.4, -0.2) is 41.7 Å². The third kappa shape index (κ3) is 9.67. The van der Waals surface area contributed by atoms with Crippen LogP contribution in [-0.2, 0) is 33.4 Å². The highest BCUT2D eigenvalue weighted by atomic mass is 16.6. The minimum absolute atomic E-state index is 0.137. The third-order valence-corrected chi connectivity index (χ3v) is 10.5. The average molecular weight is 739 g/mol. The Morgan fingerprint density at radius 3 is 1.65 bits per heavy atom. The van der Waals surface area contributed by atoms with E-state index >= 15 is 0 Å². The van der Waals surface area contributed by atoms with E-state index in [9.17, 15) is 24.3 Å². The molecule has 4 aromatic carbocycles. The van der Waals surface area contributed by atoms with E-state index in [1.807, 2.05) is 105 Å². The predicted octanol–water partition coefficient (Wildman–Crippen LogP) is 9.90. The molecule has 9 nitrogen and oxygen atoms in total. The molecule has 288 valence electrons. The second-order valence-electron chi connectivity index (χ2n) is 15.6. The zero-order valence-electron chi connectivity index (χ0n) is 33.0. The zero-order valence-corrected chi connectivity index (χ0v) is 33.0. The maximum absolute atomic E-state index is 12.4. The van der Waals surface area contributed by atoms with Gasteiger partial charge in [0.25, 0.3) is 0 Å². The molecule has 0 aromatic heterocycles. The van der Waals surface area contributed by atoms with Crippen LogP contribution < -0.4 is 4.74 Å². The molecule has 0 saturated carbocycles. The van der Waals surface area contributed by atoms with Gasteiger partial charge in [-0.3, -0.25) is 19.2 Å². The summed E-state index contributed by atoms with van der Waals surface area (Å²) in [5, 5.41) is 11.2. The summed E-state index contributed by atoms with van der Waals surface area (Å²) < 4.78 is 21.2. The topological polar surface area (TPSA) is 125 Å². The predicted molar refractivity (Wildman–Crippen MR) is 209 cm³/mol. The van der Waals surface area contributed by atoms with Gasteiger partial charge in [-0.05, 0) is 84.1 Å². The van der Waals surface area contributed by atoms with Crippen LogP contribution in [0.25, 0.3) is 21.9 Å². The second-order valence-corrected chi connectivity index (χ2v) is 15.6. The number of carbonyl (C=O) groups excluding carboxylic acids is 4. The lowest BCUT2D eigenvalue weighted by molar-refractivity contribution is -0.160. The number of hydrogen-bond acceptors (Lipinski definition) is 9. The van der Waals surface area contributed by atoms with Gasteiger partial charge >= 0.3 is 23.9 Å². The van der Waals surface area contributed by atoms with Crippen molar-refractivity contribution in [3.8, 4) is 22.6 Å². The van der Waals surface area contributed by atoms with Crippen molar-refractivity contribution in [1.82, 2.24) is 0 Å². The monoisotopic (exact) mass is 738 g/mol. The normalized spacial score (nSPS) is 15.1. The molecule has 9 heteroatoms. The van der Waals surface area contributed by atoms with E-state index in [1.54, 1.807) is 30.3 Å². The highest BCUT2D eigenvalue weighted by molar-refractivity contribution is 5.94. The Hall–Kier alpha value is -5.18. The Bertz CT molecular complexity index is 1930. The van der Waals surface area contributed by atoms with E-state index in [4.69, 9.17) is 18.9 Å². The minimum atomic E-state index is -0.515. The standard InChI is InChI=1S/C19H20O2.C16H18O3.C10H16O4/c1-4-19(2,3)18(20)21-17-15-11-7-5-9-13(15)14-10-6-8-12-16(14)17;1-4-16(2,3)15(18)19-14-10-6-7-11-12(14)8-5-9-13(11)17;1-4-10(2,3)9(12)14-7-5-8(11)13-6-7/h5-12,17H,4H2,1-3H3;5-10,17H,4H2,1-3H3;7H,4-6H2,1-3H3. The first-order valence-electron chi connectivity index (χ1n) is 18.6. The van der Waals surface area contributed by atoms with Gasteiger partial charge in [-0.2, -0.15) is 0 Å². The van der Waals surface area contributed by atoms with Crippen LogP contribution in [0.2, 0.25) is 0 Å². The molecule has 6 rings (SSSR count). The van der Waals surface area contributed by atoms with Gasteiger partial charge in [0.05, 0.1) is 22.7 Å². The smallest absolute Gasteiger partial charge is 0.316 e. The van der Waals surface area contributed by atoms with Gasteiger partial charge in [0.2, 0.25) is 0 Å². The largest absolute Gasteiger partial charge is 0.507 e. The molecular formula is C45H54O9. The Labute approximate surface area is 319 Å². The quantitative estimate of drug-likeness (QED) is 0.101. The third-order valence-electron chi connectivity index (χ3n) is 10.5. The molecule has 0 radical (unpaired) electrons. The number of hydrogen-bond donors (Lipinski definition) is 1. The molecule has 1 fully saturated rings. The zero-order chi connectivity index (χ0) is 39.8. The Kier molecular flexibility index (Phi) is 13.3. The summed E-state index contributed by atoms with van der Waals surface area (Å²) in [6.45, 7) is 17.3. The molecule has 1 atom stereocenters.